The molecule has 1 atom stereocenters. The van der Waals surface area contributed by atoms with Gasteiger partial charge in [0, 0.05) is 16.9 Å². The summed E-state index contributed by atoms with van der Waals surface area (Å²) in [6.07, 6.45) is 1.66. The van der Waals surface area contributed by atoms with Gasteiger partial charge in [0.15, 0.2) is 12.3 Å². The van der Waals surface area contributed by atoms with E-state index in [0.29, 0.717) is 13.1 Å². The van der Waals surface area contributed by atoms with Gasteiger partial charge in [0.25, 0.3) is 5.91 Å². The largest absolute Gasteiger partial charge is 0.463 e. The minimum atomic E-state index is 0.00920. The van der Waals surface area contributed by atoms with Crippen LogP contribution in [0.4, 0.5) is 11.4 Å². The van der Waals surface area contributed by atoms with Crippen LogP contribution in [0.25, 0.3) is 0 Å². The third-order valence-corrected chi connectivity index (χ3v) is 5.80. The summed E-state index contributed by atoms with van der Waals surface area (Å²) in [4.78, 5) is 17.5. The molecule has 2 heterocycles. The van der Waals surface area contributed by atoms with Crippen LogP contribution in [0, 0.1) is 0 Å². The molecule has 0 bridgehead atoms. The zero-order valence-corrected chi connectivity index (χ0v) is 18.1. The first-order chi connectivity index (χ1) is 15.2. The molecule has 3 N–H and O–H groups in total. The zero-order valence-electron chi connectivity index (χ0n) is 18.1. The Balaban J connectivity index is 1.22. The van der Waals surface area contributed by atoms with Crippen LogP contribution in [0.1, 0.15) is 11.3 Å². The topological polar surface area (TPSA) is 54.4 Å². The van der Waals surface area contributed by atoms with Gasteiger partial charge in [0.2, 0.25) is 0 Å². The summed E-state index contributed by atoms with van der Waals surface area (Å²) in [6.45, 7) is 6.56. The van der Waals surface area contributed by atoms with Gasteiger partial charge in [-0.05, 0) is 36.4 Å². The Morgan fingerprint density at radius 2 is 1.77 bits per heavy atom. The molecule has 0 aliphatic carbocycles. The molecule has 1 saturated heterocycles. The normalized spacial score (nSPS) is 15.6. The number of piperazine rings is 1. The third kappa shape index (κ3) is 6.20. The van der Waals surface area contributed by atoms with Gasteiger partial charge in [0.1, 0.15) is 13.1 Å². The van der Waals surface area contributed by atoms with E-state index in [1.54, 1.807) is 11.2 Å². The van der Waals surface area contributed by atoms with E-state index in [0.717, 1.165) is 49.1 Å². The monoisotopic (exact) mass is 420 g/mol. The quantitative estimate of drug-likeness (QED) is 0.506. The van der Waals surface area contributed by atoms with Gasteiger partial charge < -0.3 is 24.4 Å². The molecule has 0 radical (unpaired) electrons. The smallest absolute Gasteiger partial charge is 0.279 e. The highest BCUT2D eigenvalue weighted by Crippen LogP contribution is 2.18. The van der Waals surface area contributed by atoms with Crippen LogP contribution in [0.5, 0.6) is 0 Å². The van der Waals surface area contributed by atoms with E-state index in [4.69, 9.17) is 4.42 Å². The second kappa shape index (κ2) is 10.3. The lowest BCUT2D eigenvalue weighted by atomic mass is 10.2. The summed E-state index contributed by atoms with van der Waals surface area (Å²) in [6, 6.07) is 22.7. The molecule has 1 amide bonds. The maximum atomic E-state index is 12.3. The molecule has 1 unspecified atom stereocenters. The second-order valence-electron chi connectivity index (χ2n) is 8.38. The number of carbonyl (C=O) groups excluding carboxylic acids is 1. The highest BCUT2D eigenvalue weighted by molar-refractivity contribution is 5.91. The Kier molecular flexibility index (Phi) is 7.02. The molecule has 1 aliphatic heterocycles. The lowest BCUT2D eigenvalue weighted by molar-refractivity contribution is -0.914. The van der Waals surface area contributed by atoms with Crippen LogP contribution in [-0.4, -0.2) is 45.7 Å². The van der Waals surface area contributed by atoms with Crippen LogP contribution in [0.2, 0.25) is 0 Å². The first-order valence-corrected chi connectivity index (χ1v) is 11.0. The second-order valence-corrected chi connectivity index (χ2v) is 8.38. The molecule has 4 rings (SSSR count). The predicted octanol–water partition coefficient (Wildman–Crippen LogP) is 0.838. The molecule has 1 fully saturated rings. The fourth-order valence-corrected chi connectivity index (χ4v) is 4.15. The maximum Gasteiger partial charge on any atom is 0.279 e. The average molecular weight is 421 g/mol. The van der Waals surface area contributed by atoms with Gasteiger partial charge in [-0.25, -0.2) is 0 Å². The Morgan fingerprint density at radius 1 is 1.03 bits per heavy atom. The first kappa shape index (κ1) is 21.2. The highest BCUT2D eigenvalue weighted by Gasteiger charge is 2.20. The van der Waals surface area contributed by atoms with Gasteiger partial charge in [-0.1, -0.05) is 30.3 Å². The van der Waals surface area contributed by atoms with E-state index in [9.17, 15) is 4.79 Å². The molecule has 6 nitrogen and oxygen atoms in total. The zero-order chi connectivity index (χ0) is 21.5. The maximum absolute atomic E-state index is 12.3. The molecule has 31 heavy (non-hydrogen) atoms. The number of quaternary nitrogens is 2. The number of hydrogen-bond acceptors (Lipinski definition) is 3. The first-order valence-electron chi connectivity index (χ1n) is 11.0. The van der Waals surface area contributed by atoms with E-state index in [2.05, 4.69) is 52.7 Å². The minimum Gasteiger partial charge on any atom is -0.463 e. The molecule has 3 aromatic rings. The van der Waals surface area contributed by atoms with Gasteiger partial charge >= 0.3 is 0 Å². The van der Waals surface area contributed by atoms with Crippen molar-refractivity contribution < 1.29 is 19.0 Å². The number of anilines is 2. The van der Waals surface area contributed by atoms with Crippen LogP contribution < -0.4 is 20.0 Å². The summed E-state index contributed by atoms with van der Waals surface area (Å²) in [7, 11) is 1.99. The van der Waals surface area contributed by atoms with Crippen LogP contribution in [-0.2, 0) is 17.9 Å². The van der Waals surface area contributed by atoms with Crippen molar-refractivity contribution >= 4 is 17.3 Å². The van der Waals surface area contributed by atoms with Gasteiger partial charge in [-0.3, -0.25) is 4.79 Å². The summed E-state index contributed by atoms with van der Waals surface area (Å²) in [5.41, 5.74) is 3.47. The van der Waals surface area contributed by atoms with Gasteiger partial charge in [-0.15, -0.1) is 0 Å². The Labute approximate surface area is 184 Å². The van der Waals surface area contributed by atoms with Crippen molar-refractivity contribution in [2.24, 2.45) is 0 Å². The summed E-state index contributed by atoms with van der Waals surface area (Å²) < 4.78 is 5.35. The molecule has 1 aromatic heterocycles. The number of furan rings is 1. The SMILES string of the molecule is C[NH+](CC(=O)Nc1ccc(N2CC[NH+](Cc3ccccc3)CC2)cc1)Cc1ccco1. The van der Waals surface area contributed by atoms with Crippen molar-refractivity contribution in [3.63, 3.8) is 0 Å². The number of nitrogens with one attached hydrogen (secondary N) is 3. The van der Waals surface area contributed by atoms with Crippen molar-refractivity contribution in [1.82, 2.24) is 0 Å². The number of likely N-dealkylation sites (N-methyl/N-ethyl adjacent to an activating group) is 1. The van der Waals surface area contributed by atoms with Crippen molar-refractivity contribution in [2.75, 3.05) is 50.0 Å². The highest BCUT2D eigenvalue weighted by atomic mass is 16.3. The predicted molar refractivity (Wildman–Crippen MR) is 122 cm³/mol. The molecule has 0 saturated carbocycles. The summed E-state index contributed by atoms with van der Waals surface area (Å²) in [5.74, 6) is 0.898. The molecule has 6 heteroatoms. The Morgan fingerprint density at radius 3 is 2.45 bits per heavy atom. The minimum absolute atomic E-state index is 0.00920. The number of benzene rings is 2. The van der Waals surface area contributed by atoms with Crippen LogP contribution in [0.15, 0.2) is 77.4 Å². The molecule has 162 valence electrons. The third-order valence-electron chi connectivity index (χ3n) is 5.80. The van der Waals surface area contributed by atoms with E-state index >= 15 is 0 Å². The fourth-order valence-electron chi connectivity index (χ4n) is 4.15. The lowest BCUT2D eigenvalue weighted by Gasteiger charge is -2.33. The van der Waals surface area contributed by atoms with Crippen LogP contribution in [0.3, 0.4) is 0 Å². The number of amides is 1. The van der Waals surface area contributed by atoms with E-state index < -0.39 is 0 Å². The molecular formula is C25H32N4O2+2. The van der Waals surface area contributed by atoms with E-state index in [1.165, 1.54) is 11.3 Å². The number of hydrogen-bond donors (Lipinski definition) is 3. The number of rotatable bonds is 8. The van der Waals surface area contributed by atoms with Crippen molar-refractivity contribution in [3.8, 4) is 0 Å². The molecular weight excluding hydrogens is 388 g/mol. The van der Waals surface area contributed by atoms with Crippen molar-refractivity contribution in [1.29, 1.82) is 0 Å². The standard InChI is InChI=1S/C25H30N4O2/c1-27(19-24-8-5-17-31-24)20-25(30)26-22-9-11-23(12-10-22)29-15-13-28(14-16-29)18-21-6-3-2-4-7-21/h2-12,17H,13-16,18-20H2,1H3,(H,26,30)/p+2. The lowest BCUT2D eigenvalue weighted by Crippen LogP contribution is -3.13. The van der Waals surface area contributed by atoms with Crippen LogP contribution >= 0.6 is 0 Å². The summed E-state index contributed by atoms with van der Waals surface area (Å²) in [5, 5.41) is 3.00. The van der Waals surface area contributed by atoms with E-state index in [-0.39, 0.29) is 5.91 Å². The molecule has 0 spiro atoms. The Bertz CT molecular complexity index is 933. The Hall–Kier alpha value is -3.09. The van der Waals surface area contributed by atoms with E-state index in [1.807, 2.05) is 31.3 Å². The fraction of sp³-hybridized carbons (Fsp3) is 0.320. The van der Waals surface area contributed by atoms with Gasteiger partial charge in [0.05, 0.1) is 39.5 Å². The van der Waals surface area contributed by atoms with Gasteiger partial charge in [-0.2, -0.15) is 0 Å². The molecule has 2 aromatic carbocycles. The average Bonchev–Trinajstić information content (AvgIpc) is 3.28. The summed E-state index contributed by atoms with van der Waals surface area (Å²) >= 11 is 0. The number of nitrogens with zero attached hydrogens (tertiary/aromatic N) is 1. The molecule has 1 aliphatic rings. The van der Waals surface area contributed by atoms with Crippen molar-refractivity contribution in [2.45, 2.75) is 13.1 Å². The van der Waals surface area contributed by atoms with Crippen molar-refractivity contribution in [3.05, 3.63) is 84.3 Å². The number of carbonyl (C=O) groups is 1.